The van der Waals surface area contributed by atoms with E-state index in [-0.39, 0.29) is 24.3 Å². The molecule has 0 aromatic carbocycles. The first-order valence-corrected chi connectivity index (χ1v) is 6.84. The van der Waals surface area contributed by atoms with Crippen LogP contribution in [0.3, 0.4) is 0 Å². The number of hydrogen-bond acceptors (Lipinski definition) is 3. The number of rotatable bonds is 5. The molecule has 1 aromatic rings. The standard InChI is InChI=1S/C11H14BrNO3S/c1-6(2)8(4-10(14)15)13-11(16)7-3-9(12)17-5-7/h3,5-6,8H,4H2,1-2H3,(H,13,16)(H,14,15). The number of thiophene rings is 1. The normalized spacial score (nSPS) is 12.5. The fraction of sp³-hybridized carbons (Fsp3) is 0.455. The molecule has 1 unspecified atom stereocenters. The van der Waals surface area contributed by atoms with Gasteiger partial charge in [0.2, 0.25) is 0 Å². The molecule has 0 fully saturated rings. The third-order valence-corrected chi connectivity index (χ3v) is 3.85. The molecule has 1 amide bonds. The monoisotopic (exact) mass is 319 g/mol. The molecule has 4 nitrogen and oxygen atoms in total. The molecule has 2 N–H and O–H groups in total. The van der Waals surface area contributed by atoms with Crippen LogP contribution in [0.5, 0.6) is 0 Å². The molecular formula is C11H14BrNO3S. The maximum Gasteiger partial charge on any atom is 0.305 e. The minimum absolute atomic E-state index is 0.0608. The van der Waals surface area contributed by atoms with Crippen LogP contribution in [0.2, 0.25) is 0 Å². The largest absolute Gasteiger partial charge is 0.481 e. The summed E-state index contributed by atoms with van der Waals surface area (Å²) in [6.07, 6.45) is -0.0608. The second-order valence-electron chi connectivity index (χ2n) is 4.06. The molecule has 0 bridgehead atoms. The molecular weight excluding hydrogens is 306 g/mol. The number of carbonyl (C=O) groups is 2. The second-order valence-corrected chi connectivity index (χ2v) is 6.35. The van der Waals surface area contributed by atoms with E-state index in [4.69, 9.17) is 5.11 Å². The Hall–Kier alpha value is -0.880. The lowest BCUT2D eigenvalue weighted by Gasteiger charge is -2.20. The molecule has 0 aliphatic carbocycles. The Bertz CT molecular complexity index is 417. The zero-order chi connectivity index (χ0) is 13.0. The molecule has 0 spiro atoms. The van der Waals surface area contributed by atoms with Crippen LogP contribution >= 0.6 is 27.3 Å². The summed E-state index contributed by atoms with van der Waals surface area (Å²) in [7, 11) is 0. The van der Waals surface area contributed by atoms with Gasteiger partial charge in [0.05, 0.1) is 15.8 Å². The summed E-state index contributed by atoms with van der Waals surface area (Å²) in [5.74, 6) is -1.06. The van der Waals surface area contributed by atoms with Crippen molar-refractivity contribution in [1.29, 1.82) is 0 Å². The molecule has 6 heteroatoms. The minimum Gasteiger partial charge on any atom is -0.481 e. The lowest BCUT2D eigenvalue weighted by Crippen LogP contribution is -2.39. The zero-order valence-corrected chi connectivity index (χ0v) is 12.0. The number of nitrogens with one attached hydrogen (secondary N) is 1. The van der Waals surface area contributed by atoms with Gasteiger partial charge in [-0.2, -0.15) is 0 Å². The van der Waals surface area contributed by atoms with Crippen molar-refractivity contribution in [3.8, 4) is 0 Å². The Labute approximate surface area is 112 Å². The summed E-state index contributed by atoms with van der Waals surface area (Å²) in [5, 5.41) is 13.2. The Balaban J connectivity index is 2.67. The first kappa shape index (κ1) is 14.2. The van der Waals surface area contributed by atoms with Gasteiger partial charge in [-0.25, -0.2) is 0 Å². The third-order valence-electron chi connectivity index (χ3n) is 2.35. The minimum atomic E-state index is -0.907. The molecule has 1 atom stereocenters. The molecule has 0 saturated heterocycles. The van der Waals surface area contributed by atoms with Gasteiger partial charge in [0.25, 0.3) is 5.91 Å². The SMILES string of the molecule is CC(C)C(CC(=O)O)NC(=O)c1csc(Br)c1. The van der Waals surface area contributed by atoms with Crippen LogP contribution in [0, 0.1) is 5.92 Å². The average Bonchev–Trinajstić information content (AvgIpc) is 2.63. The van der Waals surface area contributed by atoms with E-state index < -0.39 is 5.97 Å². The van der Waals surface area contributed by atoms with Gasteiger partial charge in [0, 0.05) is 11.4 Å². The molecule has 1 heterocycles. The van der Waals surface area contributed by atoms with Gasteiger partial charge in [-0.3, -0.25) is 9.59 Å². The van der Waals surface area contributed by atoms with E-state index in [9.17, 15) is 9.59 Å². The average molecular weight is 320 g/mol. The lowest BCUT2D eigenvalue weighted by atomic mass is 10.0. The highest BCUT2D eigenvalue weighted by atomic mass is 79.9. The summed E-state index contributed by atoms with van der Waals surface area (Å²) in [5.41, 5.74) is 0.554. The Morgan fingerprint density at radius 1 is 1.53 bits per heavy atom. The van der Waals surface area contributed by atoms with E-state index in [1.807, 2.05) is 13.8 Å². The Morgan fingerprint density at radius 2 is 2.18 bits per heavy atom. The highest BCUT2D eigenvalue weighted by Gasteiger charge is 2.20. The van der Waals surface area contributed by atoms with E-state index >= 15 is 0 Å². The second kappa shape index (κ2) is 6.16. The predicted octanol–water partition coefficient (Wildman–Crippen LogP) is 2.74. The van der Waals surface area contributed by atoms with Crippen LogP contribution in [0.1, 0.15) is 30.6 Å². The van der Waals surface area contributed by atoms with Crippen molar-refractivity contribution in [2.75, 3.05) is 0 Å². The molecule has 94 valence electrons. The predicted molar refractivity (Wildman–Crippen MR) is 70.4 cm³/mol. The number of aliphatic carboxylic acids is 1. The maximum atomic E-state index is 11.8. The van der Waals surface area contributed by atoms with Crippen molar-refractivity contribution < 1.29 is 14.7 Å². The van der Waals surface area contributed by atoms with Crippen LogP contribution in [0.25, 0.3) is 0 Å². The van der Waals surface area contributed by atoms with Gasteiger partial charge in [-0.1, -0.05) is 13.8 Å². The van der Waals surface area contributed by atoms with Crippen LogP contribution < -0.4 is 5.32 Å². The number of halogens is 1. The summed E-state index contributed by atoms with van der Waals surface area (Å²) >= 11 is 4.70. The molecule has 0 aliphatic rings. The van der Waals surface area contributed by atoms with Crippen molar-refractivity contribution in [1.82, 2.24) is 5.32 Å². The third kappa shape index (κ3) is 4.47. The summed E-state index contributed by atoms with van der Waals surface area (Å²) in [6, 6.07) is 1.37. The number of carbonyl (C=O) groups excluding carboxylic acids is 1. The van der Waals surface area contributed by atoms with E-state index in [2.05, 4.69) is 21.2 Å². The molecule has 0 radical (unpaired) electrons. The van der Waals surface area contributed by atoms with Crippen LogP contribution in [-0.2, 0) is 4.79 Å². The number of carboxylic acid groups (broad SMARTS) is 1. The first-order valence-electron chi connectivity index (χ1n) is 5.17. The van der Waals surface area contributed by atoms with Gasteiger partial charge >= 0.3 is 5.97 Å². The van der Waals surface area contributed by atoms with Crippen LogP contribution in [0.4, 0.5) is 0 Å². The van der Waals surface area contributed by atoms with Crippen molar-refractivity contribution in [3.63, 3.8) is 0 Å². The highest BCUT2D eigenvalue weighted by Crippen LogP contribution is 2.21. The number of carboxylic acids is 1. The van der Waals surface area contributed by atoms with Crippen molar-refractivity contribution >= 4 is 39.1 Å². The summed E-state index contributed by atoms with van der Waals surface area (Å²) in [4.78, 5) is 22.5. The molecule has 1 rings (SSSR count). The van der Waals surface area contributed by atoms with E-state index in [0.29, 0.717) is 5.56 Å². The number of hydrogen-bond donors (Lipinski definition) is 2. The van der Waals surface area contributed by atoms with Crippen molar-refractivity contribution in [2.24, 2.45) is 5.92 Å². The molecule has 0 saturated carbocycles. The van der Waals surface area contributed by atoms with Crippen LogP contribution in [0.15, 0.2) is 15.2 Å². The molecule has 0 aliphatic heterocycles. The number of amides is 1. The van der Waals surface area contributed by atoms with Crippen LogP contribution in [-0.4, -0.2) is 23.0 Å². The summed E-state index contributed by atoms with van der Waals surface area (Å²) in [6.45, 7) is 3.77. The molecule has 17 heavy (non-hydrogen) atoms. The van der Waals surface area contributed by atoms with E-state index in [1.54, 1.807) is 11.4 Å². The fourth-order valence-corrected chi connectivity index (χ4v) is 2.46. The van der Waals surface area contributed by atoms with E-state index in [1.165, 1.54) is 11.3 Å². The first-order chi connectivity index (χ1) is 7.90. The Kier molecular flexibility index (Phi) is 5.14. The van der Waals surface area contributed by atoms with E-state index in [0.717, 1.165) is 3.79 Å². The topological polar surface area (TPSA) is 66.4 Å². The lowest BCUT2D eigenvalue weighted by molar-refractivity contribution is -0.137. The van der Waals surface area contributed by atoms with Gasteiger partial charge in [-0.15, -0.1) is 11.3 Å². The van der Waals surface area contributed by atoms with Gasteiger partial charge in [0.1, 0.15) is 0 Å². The van der Waals surface area contributed by atoms with Gasteiger partial charge in [-0.05, 0) is 27.9 Å². The quantitative estimate of drug-likeness (QED) is 0.877. The summed E-state index contributed by atoms with van der Waals surface area (Å²) < 4.78 is 0.877. The van der Waals surface area contributed by atoms with Crippen molar-refractivity contribution in [3.05, 3.63) is 20.8 Å². The molecule has 1 aromatic heterocycles. The van der Waals surface area contributed by atoms with Gasteiger partial charge in [0.15, 0.2) is 0 Å². The van der Waals surface area contributed by atoms with Gasteiger partial charge < -0.3 is 10.4 Å². The highest BCUT2D eigenvalue weighted by molar-refractivity contribution is 9.11. The maximum absolute atomic E-state index is 11.8. The smallest absolute Gasteiger partial charge is 0.305 e. The Morgan fingerprint density at radius 3 is 2.59 bits per heavy atom. The van der Waals surface area contributed by atoms with Crippen molar-refractivity contribution in [2.45, 2.75) is 26.3 Å². The fourth-order valence-electron chi connectivity index (χ4n) is 1.32. The zero-order valence-electron chi connectivity index (χ0n) is 9.57.